The third-order valence-electron chi connectivity index (χ3n) is 3.01. The van der Waals surface area contributed by atoms with Crippen LogP contribution in [-0.2, 0) is 0 Å². The predicted molar refractivity (Wildman–Crippen MR) is 72.1 cm³/mol. The molecule has 0 amide bonds. The Kier molecular flexibility index (Phi) is 2.08. The molecule has 92 valence electrons. The van der Waals surface area contributed by atoms with E-state index >= 15 is 0 Å². The summed E-state index contributed by atoms with van der Waals surface area (Å²) in [4.78, 5) is 9.90. The summed E-state index contributed by atoms with van der Waals surface area (Å²) in [6, 6.07) is 15.5. The van der Waals surface area contributed by atoms with E-state index in [1.54, 1.807) is 0 Å². The molecule has 0 aliphatic carbocycles. The Balaban J connectivity index is 1.83. The van der Waals surface area contributed by atoms with Crippen molar-refractivity contribution >= 4 is 22.9 Å². The SMILES string of the molecule is C1=C(c2nc3ccccc3o2)NOc2ccccc21. The molecule has 3 aromatic rings. The summed E-state index contributed by atoms with van der Waals surface area (Å²) in [5, 5.41) is 0. The monoisotopic (exact) mass is 250 g/mol. The van der Waals surface area contributed by atoms with Crippen LogP contribution in [0.2, 0.25) is 0 Å². The van der Waals surface area contributed by atoms with Gasteiger partial charge in [-0.2, -0.15) is 0 Å². The van der Waals surface area contributed by atoms with Gasteiger partial charge in [-0.15, -0.1) is 0 Å². The first-order valence-corrected chi connectivity index (χ1v) is 6.00. The van der Waals surface area contributed by atoms with Crippen molar-refractivity contribution in [3.05, 3.63) is 60.0 Å². The Bertz CT molecular complexity index is 756. The summed E-state index contributed by atoms with van der Waals surface area (Å²) in [7, 11) is 0. The van der Waals surface area contributed by atoms with Crippen molar-refractivity contribution in [1.82, 2.24) is 10.5 Å². The second-order valence-corrected chi connectivity index (χ2v) is 4.29. The van der Waals surface area contributed by atoms with Crippen LogP contribution in [0.3, 0.4) is 0 Å². The van der Waals surface area contributed by atoms with Gasteiger partial charge in [0.25, 0.3) is 0 Å². The fourth-order valence-corrected chi connectivity index (χ4v) is 2.08. The third-order valence-corrected chi connectivity index (χ3v) is 3.01. The van der Waals surface area contributed by atoms with Gasteiger partial charge in [-0.05, 0) is 24.3 Å². The number of fused-ring (bicyclic) bond motifs is 2. The summed E-state index contributed by atoms with van der Waals surface area (Å²) in [6.07, 6.45) is 1.96. The average molecular weight is 250 g/mol. The smallest absolute Gasteiger partial charge is 0.247 e. The van der Waals surface area contributed by atoms with Crippen molar-refractivity contribution in [2.24, 2.45) is 0 Å². The molecule has 0 radical (unpaired) electrons. The van der Waals surface area contributed by atoms with Gasteiger partial charge in [0.15, 0.2) is 11.3 Å². The first-order valence-electron chi connectivity index (χ1n) is 6.00. The first-order chi connectivity index (χ1) is 9.40. The average Bonchev–Trinajstić information content (AvgIpc) is 2.90. The van der Waals surface area contributed by atoms with Crippen LogP contribution >= 0.6 is 0 Å². The molecule has 0 atom stereocenters. The van der Waals surface area contributed by atoms with Crippen LogP contribution < -0.4 is 10.3 Å². The molecule has 1 N–H and O–H groups in total. The van der Waals surface area contributed by atoms with E-state index in [-0.39, 0.29) is 0 Å². The maximum Gasteiger partial charge on any atom is 0.247 e. The molecule has 4 heteroatoms. The quantitative estimate of drug-likeness (QED) is 0.720. The molecule has 4 rings (SSSR count). The van der Waals surface area contributed by atoms with Crippen molar-refractivity contribution < 1.29 is 9.25 Å². The Hall–Kier alpha value is -2.75. The first kappa shape index (κ1) is 10.2. The highest BCUT2D eigenvalue weighted by molar-refractivity contribution is 5.83. The predicted octanol–water partition coefficient (Wildman–Crippen LogP) is 3.22. The summed E-state index contributed by atoms with van der Waals surface area (Å²) in [5.41, 5.74) is 6.17. The Morgan fingerprint density at radius 3 is 2.74 bits per heavy atom. The van der Waals surface area contributed by atoms with Crippen molar-refractivity contribution in [3.63, 3.8) is 0 Å². The minimum Gasteiger partial charge on any atom is -0.435 e. The Morgan fingerprint density at radius 1 is 0.947 bits per heavy atom. The van der Waals surface area contributed by atoms with Gasteiger partial charge in [0, 0.05) is 5.56 Å². The molecule has 0 saturated heterocycles. The molecular weight excluding hydrogens is 240 g/mol. The number of aromatic nitrogens is 1. The second kappa shape index (κ2) is 3.88. The molecule has 0 spiro atoms. The van der Waals surface area contributed by atoms with Gasteiger partial charge in [-0.1, -0.05) is 30.3 Å². The van der Waals surface area contributed by atoms with E-state index in [0.717, 1.165) is 28.1 Å². The molecule has 0 unspecified atom stereocenters. The van der Waals surface area contributed by atoms with Gasteiger partial charge >= 0.3 is 0 Å². The van der Waals surface area contributed by atoms with E-state index in [9.17, 15) is 0 Å². The topological polar surface area (TPSA) is 47.3 Å². The van der Waals surface area contributed by atoms with Gasteiger partial charge in [-0.25, -0.2) is 10.5 Å². The van der Waals surface area contributed by atoms with Crippen molar-refractivity contribution in [1.29, 1.82) is 0 Å². The molecule has 1 aromatic heterocycles. The molecule has 0 bridgehead atoms. The van der Waals surface area contributed by atoms with E-state index in [0.29, 0.717) is 5.89 Å². The standard InChI is InChI=1S/C15H10N2O2/c1-3-7-13-10(5-1)9-12(17-19-13)15-16-11-6-2-4-8-14(11)18-15/h1-9,17H. The highest BCUT2D eigenvalue weighted by Crippen LogP contribution is 2.28. The van der Waals surface area contributed by atoms with Gasteiger partial charge in [0.1, 0.15) is 11.2 Å². The second-order valence-electron chi connectivity index (χ2n) is 4.29. The summed E-state index contributed by atoms with van der Waals surface area (Å²) in [5.74, 6) is 1.32. The number of oxazole rings is 1. The molecule has 2 aromatic carbocycles. The number of nitrogens with zero attached hydrogens (tertiary/aromatic N) is 1. The van der Waals surface area contributed by atoms with Gasteiger partial charge in [0.2, 0.25) is 5.89 Å². The Labute approximate surface area is 109 Å². The van der Waals surface area contributed by atoms with Gasteiger partial charge in [-0.3, -0.25) is 0 Å². The number of rotatable bonds is 1. The zero-order chi connectivity index (χ0) is 12.7. The number of benzene rings is 2. The van der Waals surface area contributed by atoms with Crippen LogP contribution in [0.5, 0.6) is 5.75 Å². The number of hydrogen-bond acceptors (Lipinski definition) is 4. The van der Waals surface area contributed by atoms with Crippen LogP contribution in [-0.4, -0.2) is 4.98 Å². The van der Waals surface area contributed by atoms with Crippen molar-refractivity contribution in [3.8, 4) is 5.75 Å². The minimum absolute atomic E-state index is 0.524. The van der Waals surface area contributed by atoms with Crippen molar-refractivity contribution in [2.45, 2.75) is 0 Å². The third kappa shape index (κ3) is 1.65. The Morgan fingerprint density at radius 2 is 1.79 bits per heavy atom. The molecular formula is C15H10N2O2. The number of para-hydroxylation sites is 3. The summed E-state index contributed by atoms with van der Waals surface area (Å²) in [6.45, 7) is 0. The lowest BCUT2D eigenvalue weighted by Crippen LogP contribution is -2.20. The van der Waals surface area contributed by atoms with E-state index in [2.05, 4.69) is 10.5 Å². The van der Waals surface area contributed by atoms with Crippen LogP contribution in [0, 0.1) is 0 Å². The lowest BCUT2D eigenvalue weighted by atomic mass is 10.1. The van der Waals surface area contributed by atoms with Crippen LogP contribution in [0.15, 0.2) is 52.9 Å². The largest absolute Gasteiger partial charge is 0.435 e. The number of hydroxylamine groups is 1. The minimum atomic E-state index is 0.524. The van der Waals surface area contributed by atoms with E-state index < -0.39 is 0 Å². The summed E-state index contributed by atoms with van der Waals surface area (Å²) < 4.78 is 5.70. The molecule has 0 fully saturated rings. The normalized spacial score (nSPS) is 13.4. The van der Waals surface area contributed by atoms with E-state index in [1.165, 1.54) is 0 Å². The molecule has 0 saturated carbocycles. The fourth-order valence-electron chi connectivity index (χ4n) is 2.08. The van der Waals surface area contributed by atoms with E-state index in [4.69, 9.17) is 9.25 Å². The van der Waals surface area contributed by atoms with Crippen LogP contribution in [0.25, 0.3) is 22.9 Å². The lowest BCUT2D eigenvalue weighted by molar-refractivity contribution is 0.246. The van der Waals surface area contributed by atoms with Crippen molar-refractivity contribution in [2.75, 3.05) is 0 Å². The van der Waals surface area contributed by atoms with Crippen LogP contribution in [0.1, 0.15) is 11.5 Å². The van der Waals surface area contributed by atoms with E-state index in [1.807, 2.05) is 54.6 Å². The molecule has 1 aliphatic heterocycles. The van der Waals surface area contributed by atoms with Gasteiger partial charge < -0.3 is 9.25 Å². The van der Waals surface area contributed by atoms with Crippen LogP contribution in [0.4, 0.5) is 0 Å². The zero-order valence-corrected chi connectivity index (χ0v) is 9.96. The van der Waals surface area contributed by atoms with Gasteiger partial charge in [0.05, 0.1) is 0 Å². The maximum atomic E-state index is 5.70. The number of nitrogens with one attached hydrogen (secondary N) is 1. The fraction of sp³-hybridized carbons (Fsp3) is 0. The zero-order valence-electron chi connectivity index (χ0n) is 9.96. The lowest BCUT2D eigenvalue weighted by Gasteiger charge is -2.16. The number of hydrogen-bond donors (Lipinski definition) is 1. The highest BCUT2D eigenvalue weighted by Gasteiger charge is 2.16. The summed E-state index contributed by atoms with van der Waals surface area (Å²) >= 11 is 0. The molecule has 19 heavy (non-hydrogen) atoms. The molecule has 2 heterocycles. The molecule has 4 nitrogen and oxygen atoms in total. The highest BCUT2D eigenvalue weighted by atomic mass is 16.6. The maximum absolute atomic E-state index is 5.70. The molecule has 1 aliphatic rings.